The monoisotopic (exact) mass is 478 g/mol. The summed E-state index contributed by atoms with van der Waals surface area (Å²) in [6.45, 7) is 1.83. The molecule has 0 bridgehead atoms. The summed E-state index contributed by atoms with van der Waals surface area (Å²) >= 11 is 0. The number of methoxy groups -OCH3 is 1. The van der Waals surface area contributed by atoms with Crippen molar-refractivity contribution in [3.05, 3.63) is 53.8 Å². The molecule has 0 spiro atoms. The molecule has 1 fully saturated rings. The van der Waals surface area contributed by atoms with Gasteiger partial charge in [-0.2, -0.15) is 0 Å². The number of anilines is 1. The molecule has 9 nitrogen and oxygen atoms in total. The number of hydrogen-bond donors (Lipinski definition) is 1. The Kier molecular flexibility index (Phi) is 7.67. The molecule has 3 rings (SSSR count). The van der Waals surface area contributed by atoms with Gasteiger partial charge in [0.1, 0.15) is 16.5 Å². The van der Waals surface area contributed by atoms with E-state index in [0.29, 0.717) is 31.9 Å². The first-order chi connectivity index (χ1) is 15.6. The minimum Gasteiger partial charge on any atom is -0.495 e. The number of rotatable bonds is 7. The van der Waals surface area contributed by atoms with E-state index < -0.39 is 15.8 Å². The highest BCUT2D eigenvalue weighted by Gasteiger charge is 2.27. The molecule has 11 heteroatoms. The van der Waals surface area contributed by atoms with E-state index in [2.05, 4.69) is 5.32 Å². The minimum atomic E-state index is -3.80. The standard InChI is InChI=1S/C22H27FN4O5S/c1-25(2)33(30,31)20-13-16(7-8-19(20)32-3)22(29)27-11-9-26(10-12-27)15-21(28)24-18-6-4-5-17(23)14-18/h4-8,13-14H,9-12,15H2,1-3H3,(H,24,28). The maximum atomic E-state index is 13.3. The Labute approximate surface area is 192 Å². The number of halogens is 1. The van der Waals surface area contributed by atoms with Gasteiger partial charge in [0, 0.05) is 51.5 Å². The van der Waals surface area contributed by atoms with Crippen molar-refractivity contribution in [1.82, 2.24) is 14.1 Å². The van der Waals surface area contributed by atoms with Crippen LogP contribution >= 0.6 is 0 Å². The van der Waals surface area contributed by atoms with Crippen LogP contribution in [0.3, 0.4) is 0 Å². The van der Waals surface area contributed by atoms with E-state index in [4.69, 9.17) is 4.74 Å². The minimum absolute atomic E-state index is 0.0755. The lowest BCUT2D eigenvalue weighted by Crippen LogP contribution is -2.50. The molecule has 1 N–H and O–H groups in total. The highest BCUT2D eigenvalue weighted by molar-refractivity contribution is 7.89. The lowest BCUT2D eigenvalue weighted by molar-refractivity contribution is -0.117. The second kappa shape index (κ2) is 10.3. The number of hydrogen-bond acceptors (Lipinski definition) is 6. The third kappa shape index (κ3) is 5.86. The Morgan fingerprint density at radius 3 is 2.39 bits per heavy atom. The molecule has 0 saturated carbocycles. The Bertz CT molecular complexity index is 1130. The van der Waals surface area contributed by atoms with Gasteiger partial charge in [0.15, 0.2) is 0 Å². The van der Waals surface area contributed by atoms with Crippen molar-refractivity contribution in [3.8, 4) is 5.75 Å². The number of carbonyl (C=O) groups is 2. The highest BCUT2D eigenvalue weighted by atomic mass is 32.2. The van der Waals surface area contributed by atoms with Crippen molar-refractivity contribution in [3.63, 3.8) is 0 Å². The first-order valence-electron chi connectivity index (χ1n) is 10.3. The Morgan fingerprint density at radius 1 is 1.09 bits per heavy atom. The fourth-order valence-corrected chi connectivity index (χ4v) is 4.54. The van der Waals surface area contributed by atoms with Gasteiger partial charge in [-0.3, -0.25) is 14.5 Å². The molecule has 1 aliphatic heterocycles. The zero-order valence-corrected chi connectivity index (χ0v) is 19.6. The number of benzene rings is 2. The van der Waals surface area contributed by atoms with Gasteiger partial charge in [-0.05, 0) is 36.4 Å². The Hall–Kier alpha value is -3.02. The van der Waals surface area contributed by atoms with Crippen molar-refractivity contribution < 1.29 is 27.1 Å². The zero-order valence-electron chi connectivity index (χ0n) is 18.7. The van der Waals surface area contributed by atoms with E-state index in [0.717, 1.165) is 4.31 Å². The average molecular weight is 479 g/mol. The lowest BCUT2D eigenvalue weighted by Gasteiger charge is -2.34. The van der Waals surface area contributed by atoms with E-state index in [1.807, 2.05) is 4.90 Å². The predicted molar refractivity (Wildman–Crippen MR) is 121 cm³/mol. The van der Waals surface area contributed by atoms with Crippen LogP contribution in [0.25, 0.3) is 0 Å². The molecule has 2 aromatic carbocycles. The van der Waals surface area contributed by atoms with Gasteiger partial charge in [0.05, 0.1) is 13.7 Å². The Balaban J connectivity index is 1.62. The molecule has 0 aliphatic carbocycles. The first kappa shape index (κ1) is 24.6. The van der Waals surface area contributed by atoms with Gasteiger partial charge in [0.25, 0.3) is 5.91 Å². The molecule has 1 heterocycles. The van der Waals surface area contributed by atoms with Crippen LogP contribution in [0, 0.1) is 5.82 Å². The van der Waals surface area contributed by atoms with Crippen molar-refractivity contribution in [2.75, 3.05) is 59.2 Å². The highest BCUT2D eigenvalue weighted by Crippen LogP contribution is 2.27. The molecule has 0 unspecified atom stereocenters. The summed E-state index contributed by atoms with van der Waals surface area (Å²) in [6, 6.07) is 10.0. The van der Waals surface area contributed by atoms with E-state index in [9.17, 15) is 22.4 Å². The average Bonchev–Trinajstić information content (AvgIpc) is 2.78. The number of ether oxygens (including phenoxy) is 1. The van der Waals surface area contributed by atoms with Crippen LogP contribution in [0.4, 0.5) is 10.1 Å². The number of carbonyl (C=O) groups excluding carboxylic acids is 2. The Morgan fingerprint density at radius 2 is 1.79 bits per heavy atom. The number of piperazine rings is 1. The quantitative estimate of drug-likeness (QED) is 0.647. The van der Waals surface area contributed by atoms with E-state index >= 15 is 0 Å². The van der Waals surface area contributed by atoms with Crippen LogP contribution in [0.15, 0.2) is 47.4 Å². The van der Waals surface area contributed by atoms with Gasteiger partial charge < -0.3 is 15.0 Å². The van der Waals surface area contributed by atoms with Gasteiger partial charge >= 0.3 is 0 Å². The maximum Gasteiger partial charge on any atom is 0.253 e. The third-order valence-electron chi connectivity index (χ3n) is 5.30. The lowest BCUT2D eigenvalue weighted by atomic mass is 10.1. The van der Waals surface area contributed by atoms with E-state index in [-0.39, 0.29) is 34.6 Å². The molecule has 0 aromatic heterocycles. The molecule has 33 heavy (non-hydrogen) atoms. The summed E-state index contributed by atoms with van der Waals surface area (Å²) in [4.78, 5) is 28.7. The van der Waals surface area contributed by atoms with Crippen molar-refractivity contribution >= 4 is 27.5 Å². The van der Waals surface area contributed by atoms with Crippen LogP contribution in [0.5, 0.6) is 5.75 Å². The second-order valence-electron chi connectivity index (χ2n) is 7.78. The van der Waals surface area contributed by atoms with Crippen LogP contribution in [-0.2, 0) is 14.8 Å². The summed E-state index contributed by atoms with van der Waals surface area (Å²) in [5.41, 5.74) is 0.630. The molecule has 1 aliphatic rings. The molecule has 0 radical (unpaired) electrons. The molecule has 1 saturated heterocycles. The number of nitrogens with zero attached hydrogens (tertiary/aromatic N) is 3. The summed E-state index contributed by atoms with van der Waals surface area (Å²) in [5, 5.41) is 2.66. The zero-order chi connectivity index (χ0) is 24.2. The summed E-state index contributed by atoms with van der Waals surface area (Å²) in [5.74, 6) is -0.833. The summed E-state index contributed by atoms with van der Waals surface area (Å²) < 4.78 is 44.7. The molecular formula is C22H27FN4O5S. The normalized spacial score (nSPS) is 14.9. The topological polar surface area (TPSA) is 99.3 Å². The fourth-order valence-electron chi connectivity index (χ4n) is 3.47. The predicted octanol–water partition coefficient (Wildman–Crippen LogP) is 1.48. The molecule has 0 atom stereocenters. The molecule has 2 aromatic rings. The van der Waals surface area contributed by atoms with Crippen molar-refractivity contribution in [2.24, 2.45) is 0 Å². The van der Waals surface area contributed by atoms with Crippen LogP contribution in [0.2, 0.25) is 0 Å². The van der Waals surface area contributed by atoms with Gasteiger partial charge in [-0.25, -0.2) is 17.1 Å². The number of nitrogens with one attached hydrogen (secondary N) is 1. The van der Waals surface area contributed by atoms with Crippen LogP contribution in [-0.4, -0.2) is 88.3 Å². The SMILES string of the molecule is COc1ccc(C(=O)N2CCN(CC(=O)Nc3cccc(F)c3)CC2)cc1S(=O)(=O)N(C)C. The maximum absolute atomic E-state index is 13.3. The van der Waals surface area contributed by atoms with Gasteiger partial charge in [-0.15, -0.1) is 0 Å². The second-order valence-corrected chi connectivity index (χ2v) is 9.90. The van der Waals surface area contributed by atoms with Crippen molar-refractivity contribution in [1.29, 1.82) is 0 Å². The molecule has 178 valence electrons. The molecular weight excluding hydrogens is 451 g/mol. The van der Waals surface area contributed by atoms with Gasteiger partial charge in [0.2, 0.25) is 15.9 Å². The smallest absolute Gasteiger partial charge is 0.253 e. The van der Waals surface area contributed by atoms with Crippen LogP contribution in [0.1, 0.15) is 10.4 Å². The molecule has 2 amide bonds. The number of amides is 2. The van der Waals surface area contributed by atoms with Crippen molar-refractivity contribution in [2.45, 2.75) is 4.90 Å². The van der Waals surface area contributed by atoms with Gasteiger partial charge in [-0.1, -0.05) is 6.07 Å². The third-order valence-corrected chi connectivity index (χ3v) is 7.14. The van der Waals surface area contributed by atoms with E-state index in [1.54, 1.807) is 11.0 Å². The van der Waals surface area contributed by atoms with Crippen LogP contribution < -0.4 is 10.1 Å². The summed E-state index contributed by atoms with van der Waals surface area (Å²) in [6.07, 6.45) is 0. The number of sulfonamides is 1. The largest absolute Gasteiger partial charge is 0.495 e. The summed E-state index contributed by atoms with van der Waals surface area (Å²) in [7, 11) is 0.394. The fraction of sp³-hybridized carbons (Fsp3) is 0.364. The van der Waals surface area contributed by atoms with E-state index in [1.165, 1.54) is 57.6 Å². The first-order valence-corrected chi connectivity index (χ1v) is 11.7.